The van der Waals surface area contributed by atoms with Crippen LogP contribution in [-0.4, -0.2) is 62.1 Å². The molecule has 0 bridgehead atoms. The number of hydrogen-bond donors (Lipinski definition) is 3. The Labute approximate surface area is 192 Å². The third kappa shape index (κ3) is 4.75. The lowest BCUT2D eigenvalue weighted by Gasteiger charge is -2.30. The van der Waals surface area contributed by atoms with Gasteiger partial charge in [0.05, 0.1) is 5.69 Å². The number of phenolic OH excluding ortho intramolecular Hbond substituents is 1. The van der Waals surface area contributed by atoms with Crippen molar-refractivity contribution in [2.45, 2.75) is 25.3 Å². The van der Waals surface area contributed by atoms with Gasteiger partial charge in [-0.1, -0.05) is 35.5 Å². The van der Waals surface area contributed by atoms with Crippen LogP contribution in [0.2, 0.25) is 0 Å². The van der Waals surface area contributed by atoms with Crippen molar-refractivity contribution in [1.82, 2.24) is 30.2 Å². The molecule has 1 aliphatic heterocycles. The number of aryl methyl sites for hydroxylation is 2. The zero-order chi connectivity index (χ0) is 22.6. The highest BCUT2D eigenvalue weighted by Gasteiger charge is 2.29. The molecule has 0 saturated carbocycles. The minimum absolute atomic E-state index is 0.0803. The first-order chi connectivity index (χ1) is 16.2. The van der Waals surface area contributed by atoms with Gasteiger partial charge in [-0.25, -0.2) is 4.68 Å². The molecule has 4 aromatic rings. The van der Waals surface area contributed by atoms with Gasteiger partial charge in [0.2, 0.25) is 5.91 Å². The van der Waals surface area contributed by atoms with Crippen LogP contribution >= 0.6 is 0 Å². The second-order valence-electron chi connectivity index (χ2n) is 8.51. The molecule has 1 fully saturated rings. The summed E-state index contributed by atoms with van der Waals surface area (Å²) in [7, 11) is 0. The predicted octanol–water partition coefficient (Wildman–Crippen LogP) is 2.47. The van der Waals surface area contributed by atoms with Crippen LogP contribution in [0.3, 0.4) is 0 Å². The second kappa shape index (κ2) is 9.46. The van der Waals surface area contributed by atoms with Gasteiger partial charge in [-0.2, -0.15) is 0 Å². The van der Waals surface area contributed by atoms with Crippen molar-refractivity contribution in [2.24, 2.45) is 0 Å². The molecule has 170 valence electrons. The number of aromatic nitrogens is 4. The first-order valence-electron chi connectivity index (χ1n) is 11.4. The molecule has 2 aromatic carbocycles. The summed E-state index contributed by atoms with van der Waals surface area (Å²) in [6.07, 6.45) is 5.95. The van der Waals surface area contributed by atoms with E-state index in [0.717, 1.165) is 47.2 Å². The van der Waals surface area contributed by atoms with Gasteiger partial charge < -0.3 is 20.3 Å². The smallest absolute Gasteiger partial charge is 0.247 e. The first kappa shape index (κ1) is 21.2. The van der Waals surface area contributed by atoms with Gasteiger partial charge in [0.15, 0.2) is 0 Å². The third-order valence-corrected chi connectivity index (χ3v) is 6.29. The number of carbonyl (C=O) groups excluding carboxylic acids is 1. The summed E-state index contributed by atoms with van der Waals surface area (Å²) in [6.45, 7) is 3.01. The third-order valence-electron chi connectivity index (χ3n) is 6.29. The molecule has 1 aliphatic rings. The molecule has 1 saturated heterocycles. The van der Waals surface area contributed by atoms with Crippen molar-refractivity contribution in [2.75, 3.05) is 26.2 Å². The Morgan fingerprint density at radius 2 is 1.85 bits per heavy atom. The highest BCUT2D eigenvalue weighted by atomic mass is 16.3. The maximum Gasteiger partial charge on any atom is 0.247 e. The van der Waals surface area contributed by atoms with Crippen LogP contribution in [-0.2, 0) is 24.1 Å². The first-order valence-corrected chi connectivity index (χ1v) is 11.4. The fraction of sp³-hybridized carbons (Fsp3) is 0.320. The zero-order valence-corrected chi connectivity index (χ0v) is 18.4. The average molecular weight is 445 g/mol. The summed E-state index contributed by atoms with van der Waals surface area (Å²) in [4.78, 5) is 18.8. The van der Waals surface area contributed by atoms with E-state index in [-0.39, 0.29) is 11.7 Å². The number of piperazine rings is 1. The number of phenols is 1. The number of nitrogens with one attached hydrogen (secondary N) is 2. The van der Waals surface area contributed by atoms with Gasteiger partial charge in [0, 0.05) is 55.9 Å². The topological polar surface area (TPSA) is 99.1 Å². The van der Waals surface area contributed by atoms with E-state index >= 15 is 0 Å². The summed E-state index contributed by atoms with van der Waals surface area (Å²) in [5.74, 6) is 0.341. The second-order valence-corrected chi connectivity index (χ2v) is 8.51. The quantitative estimate of drug-likeness (QED) is 0.407. The van der Waals surface area contributed by atoms with Crippen molar-refractivity contribution in [3.63, 3.8) is 0 Å². The number of para-hydroxylation sites is 1. The fourth-order valence-corrected chi connectivity index (χ4v) is 4.41. The van der Waals surface area contributed by atoms with Crippen molar-refractivity contribution in [1.29, 1.82) is 0 Å². The number of benzene rings is 2. The Morgan fingerprint density at radius 3 is 2.67 bits per heavy atom. The Balaban J connectivity index is 1.38. The van der Waals surface area contributed by atoms with Gasteiger partial charge in [-0.3, -0.25) is 4.79 Å². The van der Waals surface area contributed by atoms with E-state index in [1.165, 1.54) is 0 Å². The number of rotatable bonds is 7. The Bertz CT molecular complexity index is 1220. The van der Waals surface area contributed by atoms with Crippen molar-refractivity contribution in [3.8, 4) is 5.75 Å². The van der Waals surface area contributed by atoms with Crippen LogP contribution in [0.4, 0.5) is 0 Å². The SMILES string of the molecule is O=C(C(Cc1c[nH]c2ccccc12)n1cc(CCc2ccc(O)cc2)nn1)N1CCNCC1. The molecule has 8 heteroatoms. The minimum atomic E-state index is -0.447. The van der Waals surface area contributed by atoms with E-state index in [0.29, 0.717) is 25.9 Å². The molecule has 8 nitrogen and oxygen atoms in total. The van der Waals surface area contributed by atoms with E-state index in [2.05, 4.69) is 26.7 Å². The lowest BCUT2D eigenvalue weighted by Crippen LogP contribution is -2.49. The molecule has 0 radical (unpaired) electrons. The standard InChI is InChI=1S/C25H28N6O2/c32-21-9-6-18(7-10-21)5-8-20-17-31(29-28-20)24(25(33)30-13-11-26-12-14-30)15-19-16-27-23-4-2-1-3-22(19)23/h1-4,6-7,9-10,16-17,24,26-27,32H,5,8,11-15H2. The number of carbonyl (C=O) groups is 1. The normalized spacial score (nSPS) is 15.1. The van der Waals surface area contributed by atoms with E-state index < -0.39 is 6.04 Å². The van der Waals surface area contributed by atoms with Crippen molar-refractivity contribution in [3.05, 3.63) is 77.7 Å². The number of aromatic amines is 1. The van der Waals surface area contributed by atoms with Gasteiger partial charge in [0.25, 0.3) is 0 Å². The molecule has 1 atom stereocenters. The maximum atomic E-state index is 13.6. The number of amides is 1. The highest BCUT2D eigenvalue weighted by Crippen LogP contribution is 2.24. The molecule has 0 spiro atoms. The van der Waals surface area contributed by atoms with E-state index in [4.69, 9.17) is 0 Å². The maximum absolute atomic E-state index is 13.6. The number of hydrogen-bond acceptors (Lipinski definition) is 5. The number of nitrogens with zero attached hydrogens (tertiary/aromatic N) is 4. The van der Waals surface area contributed by atoms with Crippen LogP contribution in [0.25, 0.3) is 10.9 Å². The van der Waals surface area contributed by atoms with Crippen molar-refractivity contribution < 1.29 is 9.90 Å². The molecule has 1 amide bonds. The van der Waals surface area contributed by atoms with E-state index in [1.54, 1.807) is 16.8 Å². The molecule has 2 aromatic heterocycles. The molecule has 1 unspecified atom stereocenters. The minimum Gasteiger partial charge on any atom is -0.508 e. The van der Waals surface area contributed by atoms with Crippen LogP contribution in [0.5, 0.6) is 5.75 Å². The largest absolute Gasteiger partial charge is 0.508 e. The Hall–Kier alpha value is -3.65. The monoisotopic (exact) mass is 444 g/mol. The van der Waals surface area contributed by atoms with Gasteiger partial charge in [-0.05, 0) is 42.2 Å². The number of H-pyrrole nitrogens is 1. The molecule has 5 rings (SSSR count). The van der Waals surface area contributed by atoms with E-state index in [1.807, 2.05) is 47.6 Å². The van der Waals surface area contributed by atoms with E-state index in [9.17, 15) is 9.90 Å². The summed E-state index contributed by atoms with van der Waals surface area (Å²) in [5.41, 5.74) is 4.13. The van der Waals surface area contributed by atoms with Crippen LogP contribution < -0.4 is 5.32 Å². The van der Waals surface area contributed by atoms with Crippen LogP contribution in [0.15, 0.2) is 60.9 Å². The summed E-state index contributed by atoms with van der Waals surface area (Å²) in [6, 6.07) is 14.9. The summed E-state index contributed by atoms with van der Waals surface area (Å²) < 4.78 is 1.73. The predicted molar refractivity (Wildman–Crippen MR) is 126 cm³/mol. The van der Waals surface area contributed by atoms with Gasteiger partial charge >= 0.3 is 0 Å². The summed E-state index contributed by atoms with van der Waals surface area (Å²) in [5, 5.41) is 22.6. The number of aromatic hydroxyl groups is 1. The Morgan fingerprint density at radius 1 is 1.06 bits per heavy atom. The Kier molecular flexibility index (Phi) is 6.08. The van der Waals surface area contributed by atoms with Crippen LogP contribution in [0, 0.1) is 0 Å². The van der Waals surface area contributed by atoms with Gasteiger partial charge in [-0.15, -0.1) is 5.10 Å². The fourth-order valence-electron chi connectivity index (χ4n) is 4.41. The van der Waals surface area contributed by atoms with Crippen molar-refractivity contribution >= 4 is 16.8 Å². The molecule has 3 heterocycles. The molecule has 33 heavy (non-hydrogen) atoms. The lowest BCUT2D eigenvalue weighted by atomic mass is 10.0. The van der Waals surface area contributed by atoms with Gasteiger partial charge in [0.1, 0.15) is 11.8 Å². The molecular formula is C25H28N6O2. The highest BCUT2D eigenvalue weighted by molar-refractivity contribution is 5.85. The molecule has 3 N–H and O–H groups in total. The average Bonchev–Trinajstić information content (AvgIpc) is 3.49. The van der Waals surface area contributed by atoms with Crippen LogP contribution in [0.1, 0.15) is 22.9 Å². The summed E-state index contributed by atoms with van der Waals surface area (Å²) >= 11 is 0. The lowest BCUT2D eigenvalue weighted by molar-refractivity contribution is -0.135. The molecular weight excluding hydrogens is 416 g/mol. The molecule has 0 aliphatic carbocycles. The number of fused-ring (bicyclic) bond motifs is 1. The zero-order valence-electron chi connectivity index (χ0n) is 18.4.